The number of primary amides is 1. The molecule has 0 radical (unpaired) electrons. The van der Waals surface area contributed by atoms with Gasteiger partial charge in [0.2, 0.25) is 5.88 Å². The van der Waals surface area contributed by atoms with Crippen LogP contribution < -0.4 is 15.8 Å². The summed E-state index contributed by atoms with van der Waals surface area (Å²) in [5.41, 5.74) is 8.47. The highest BCUT2D eigenvalue weighted by atomic mass is 79.9. The predicted molar refractivity (Wildman–Crippen MR) is 124 cm³/mol. The maximum atomic E-state index is 12.5. The zero-order valence-electron chi connectivity index (χ0n) is 18.3. The number of benzene rings is 1. The van der Waals surface area contributed by atoms with E-state index in [0.29, 0.717) is 41.2 Å². The van der Waals surface area contributed by atoms with Crippen LogP contribution in [0.25, 0.3) is 0 Å². The number of carbonyl (C=O) groups excluding carboxylic acids is 2. The molecule has 33 heavy (non-hydrogen) atoms. The zero-order chi connectivity index (χ0) is 23.5. The molecule has 2 amide bonds. The van der Waals surface area contributed by atoms with Crippen LogP contribution in [0.2, 0.25) is 0 Å². The molecule has 0 bridgehead atoms. The highest BCUT2D eigenvalue weighted by molar-refractivity contribution is 9.10. The third-order valence-corrected chi connectivity index (χ3v) is 6.75. The molecule has 1 fully saturated rings. The Balaban J connectivity index is 1.30. The summed E-state index contributed by atoms with van der Waals surface area (Å²) >= 11 is 3.30. The number of hydrogen-bond acceptors (Lipinski definition) is 6. The number of carbonyl (C=O) groups is 2. The van der Waals surface area contributed by atoms with E-state index >= 15 is 0 Å². The van der Waals surface area contributed by atoms with Crippen molar-refractivity contribution in [1.29, 1.82) is 5.26 Å². The first-order valence-corrected chi connectivity index (χ1v) is 11.7. The van der Waals surface area contributed by atoms with Crippen molar-refractivity contribution < 1.29 is 19.1 Å². The lowest BCUT2D eigenvalue weighted by Gasteiger charge is -2.37. The minimum absolute atomic E-state index is 0.0898. The average Bonchev–Trinajstić information content (AvgIpc) is 2.77. The number of halogens is 1. The van der Waals surface area contributed by atoms with Gasteiger partial charge in [-0.3, -0.25) is 9.59 Å². The van der Waals surface area contributed by atoms with Gasteiger partial charge in [0, 0.05) is 28.1 Å². The molecule has 1 aromatic carbocycles. The van der Waals surface area contributed by atoms with Crippen molar-refractivity contribution in [2.75, 3.05) is 6.61 Å². The molecule has 2 aliphatic rings. The van der Waals surface area contributed by atoms with Gasteiger partial charge in [-0.25, -0.2) is 4.98 Å². The number of hydrogen-bond donors (Lipinski definition) is 2. The summed E-state index contributed by atoms with van der Waals surface area (Å²) in [5.74, 6) is -0.0756. The molecule has 172 valence electrons. The van der Waals surface area contributed by atoms with Crippen LogP contribution in [0.5, 0.6) is 5.88 Å². The van der Waals surface area contributed by atoms with Crippen molar-refractivity contribution in [3.05, 3.63) is 56.7 Å². The van der Waals surface area contributed by atoms with Crippen molar-refractivity contribution in [1.82, 2.24) is 10.3 Å². The van der Waals surface area contributed by atoms with Crippen LogP contribution >= 0.6 is 15.9 Å². The second-order valence-corrected chi connectivity index (χ2v) is 9.45. The molecule has 0 saturated heterocycles. The number of nitrogens with zero attached hydrogens (tertiary/aromatic N) is 2. The number of nitrogens with two attached hydrogens (primary N) is 1. The molecule has 4 rings (SSSR count). The fraction of sp³-hybridized carbons (Fsp3) is 0.417. The van der Waals surface area contributed by atoms with Gasteiger partial charge in [0.05, 0.1) is 30.6 Å². The predicted octanol–water partition coefficient (Wildman–Crippen LogP) is 3.25. The third kappa shape index (κ3) is 5.34. The molecule has 0 unspecified atom stereocenters. The minimum Gasteiger partial charge on any atom is -0.474 e. The monoisotopic (exact) mass is 512 g/mol. The summed E-state index contributed by atoms with van der Waals surface area (Å²) in [7, 11) is 0. The van der Waals surface area contributed by atoms with Crippen molar-refractivity contribution >= 4 is 27.7 Å². The van der Waals surface area contributed by atoms with Gasteiger partial charge in [0.25, 0.3) is 11.8 Å². The fourth-order valence-corrected chi connectivity index (χ4v) is 4.64. The summed E-state index contributed by atoms with van der Waals surface area (Å²) in [5, 5.41) is 12.2. The lowest BCUT2D eigenvalue weighted by molar-refractivity contribution is 0.0845. The molecule has 0 spiro atoms. The first-order chi connectivity index (χ1) is 15.8. The largest absolute Gasteiger partial charge is 0.474 e. The van der Waals surface area contributed by atoms with Crippen LogP contribution in [-0.4, -0.2) is 35.6 Å². The summed E-state index contributed by atoms with van der Waals surface area (Å²) < 4.78 is 12.1. The zero-order valence-corrected chi connectivity index (χ0v) is 19.9. The Hall–Kier alpha value is -2.96. The maximum Gasteiger partial charge on any atom is 0.254 e. The van der Waals surface area contributed by atoms with E-state index in [1.807, 2.05) is 6.92 Å². The Bertz CT molecular complexity index is 1120. The van der Waals surface area contributed by atoms with E-state index in [2.05, 4.69) is 32.3 Å². The van der Waals surface area contributed by atoms with Gasteiger partial charge in [-0.1, -0.05) is 0 Å². The maximum absolute atomic E-state index is 12.5. The van der Waals surface area contributed by atoms with Gasteiger partial charge in [-0.15, -0.1) is 0 Å². The van der Waals surface area contributed by atoms with Crippen LogP contribution in [0.15, 0.2) is 28.7 Å². The molecule has 1 aromatic heterocycles. The van der Waals surface area contributed by atoms with E-state index in [9.17, 15) is 9.59 Å². The van der Waals surface area contributed by atoms with Gasteiger partial charge in [-0.05, 0) is 72.3 Å². The lowest BCUT2D eigenvalue weighted by Crippen LogP contribution is -2.45. The van der Waals surface area contributed by atoms with Crippen LogP contribution in [-0.2, 0) is 17.8 Å². The number of pyridine rings is 1. The topological polar surface area (TPSA) is 127 Å². The number of rotatable bonds is 7. The molecule has 1 saturated carbocycles. The molecular weight excluding hydrogens is 488 g/mol. The van der Waals surface area contributed by atoms with Crippen LogP contribution in [0.1, 0.15) is 63.7 Å². The van der Waals surface area contributed by atoms with Crippen LogP contribution in [0.4, 0.5) is 0 Å². The van der Waals surface area contributed by atoms with Crippen molar-refractivity contribution in [3.8, 4) is 11.9 Å². The van der Waals surface area contributed by atoms with Gasteiger partial charge in [-0.2, -0.15) is 5.26 Å². The minimum atomic E-state index is -0.572. The van der Waals surface area contributed by atoms with E-state index in [0.717, 1.165) is 30.5 Å². The Morgan fingerprint density at radius 3 is 2.91 bits per heavy atom. The van der Waals surface area contributed by atoms with Crippen LogP contribution in [0, 0.1) is 17.2 Å². The van der Waals surface area contributed by atoms with Gasteiger partial charge in [0.15, 0.2) is 0 Å². The smallest absolute Gasteiger partial charge is 0.254 e. The number of nitriles is 1. The molecule has 8 nitrogen and oxygen atoms in total. The fourth-order valence-electron chi connectivity index (χ4n) is 4.31. The Kier molecular flexibility index (Phi) is 6.96. The first-order valence-electron chi connectivity index (χ1n) is 10.9. The summed E-state index contributed by atoms with van der Waals surface area (Å²) in [6.07, 6.45) is 3.00. The Morgan fingerprint density at radius 1 is 1.39 bits per heavy atom. The summed E-state index contributed by atoms with van der Waals surface area (Å²) in [6, 6.07) is 8.86. The Labute approximate surface area is 200 Å². The number of fused-ring (bicyclic) bond motifs is 1. The van der Waals surface area contributed by atoms with E-state index in [4.69, 9.17) is 20.5 Å². The molecular formula is C24H25BrN4O4. The van der Waals surface area contributed by atoms with Crippen LogP contribution in [0.3, 0.4) is 0 Å². The van der Waals surface area contributed by atoms with E-state index < -0.39 is 5.91 Å². The van der Waals surface area contributed by atoms with Gasteiger partial charge < -0.3 is 20.5 Å². The van der Waals surface area contributed by atoms with Crippen molar-refractivity contribution in [2.45, 2.75) is 51.4 Å². The SMILES string of the molecule is C[C@@H](CC1CC(NC(=O)c2ccc(Br)c(C#N)c2)C1)Oc1nc2c(cc1C(N)=O)COCC2. The number of ether oxygens (including phenoxy) is 2. The molecule has 2 heterocycles. The third-order valence-electron chi connectivity index (χ3n) is 6.06. The molecule has 2 aromatic rings. The number of aromatic nitrogens is 1. The number of nitrogens with one attached hydrogen (secondary N) is 1. The van der Waals surface area contributed by atoms with Crippen molar-refractivity contribution in [2.24, 2.45) is 11.7 Å². The highest BCUT2D eigenvalue weighted by Gasteiger charge is 2.32. The molecule has 9 heteroatoms. The lowest BCUT2D eigenvalue weighted by atomic mass is 9.77. The van der Waals surface area contributed by atoms with E-state index in [1.54, 1.807) is 24.3 Å². The van der Waals surface area contributed by atoms with Gasteiger partial charge in [0.1, 0.15) is 11.6 Å². The second kappa shape index (κ2) is 9.89. The normalized spacial score (nSPS) is 20.0. The van der Waals surface area contributed by atoms with E-state index in [1.165, 1.54) is 0 Å². The van der Waals surface area contributed by atoms with E-state index in [-0.39, 0.29) is 29.5 Å². The quantitative estimate of drug-likeness (QED) is 0.585. The van der Waals surface area contributed by atoms with Gasteiger partial charge >= 0.3 is 0 Å². The average molecular weight is 513 g/mol. The Morgan fingerprint density at radius 2 is 2.18 bits per heavy atom. The second-order valence-electron chi connectivity index (χ2n) is 8.59. The van der Waals surface area contributed by atoms with Crippen molar-refractivity contribution in [3.63, 3.8) is 0 Å². The summed E-state index contributed by atoms with van der Waals surface area (Å²) in [6.45, 7) is 2.97. The molecule has 3 N–H and O–H groups in total. The molecule has 1 aliphatic heterocycles. The molecule has 1 aliphatic carbocycles. The standard InChI is InChI=1S/C24H25BrN4O4/c1-13(33-24-19(22(27)30)10-17-12-32-5-4-21(17)29-24)6-14-7-18(8-14)28-23(31)15-2-3-20(25)16(9-15)11-26/h2-3,9-10,13-14,18H,4-8,12H2,1H3,(H2,27,30)(H,28,31)/t13-,14?,18?/m0/s1. The number of amides is 2. The highest BCUT2D eigenvalue weighted by Crippen LogP contribution is 2.33. The summed E-state index contributed by atoms with van der Waals surface area (Å²) in [4.78, 5) is 28.9. The molecule has 1 atom stereocenters. The first kappa shape index (κ1) is 23.2.